The number of rotatable bonds is 4. The lowest BCUT2D eigenvalue weighted by molar-refractivity contribution is -0.117. The Morgan fingerprint density at radius 1 is 1.21 bits per heavy atom. The van der Waals surface area contributed by atoms with Crippen LogP contribution in [-0.2, 0) is 11.2 Å². The summed E-state index contributed by atoms with van der Waals surface area (Å²) in [4.78, 5) is 14.3. The molecule has 0 fully saturated rings. The molecule has 0 aliphatic rings. The largest absolute Gasteiger partial charge is 0.312 e. The Balaban J connectivity index is 2.21. The normalized spacial score (nSPS) is 10.5. The number of carbonyl (C=O) groups is 1. The summed E-state index contributed by atoms with van der Waals surface area (Å²) in [5.41, 5.74) is 4.48. The lowest BCUT2D eigenvalue weighted by Crippen LogP contribution is -2.32. The molecule has 0 aliphatic heterocycles. The van der Waals surface area contributed by atoms with E-state index in [1.807, 2.05) is 28.7 Å². The van der Waals surface area contributed by atoms with Gasteiger partial charge in [0.2, 0.25) is 5.91 Å². The summed E-state index contributed by atoms with van der Waals surface area (Å²) in [7, 11) is 0. The van der Waals surface area contributed by atoms with Crippen molar-refractivity contribution in [2.24, 2.45) is 0 Å². The summed E-state index contributed by atoms with van der Waals surface area (Å²) in [6.07, 6.45) is 0.477. The number of hydrogen-bond acceptors (Lipinski definition) is 2. The van der Waals surface area contributed by atoms with Crippen LogP contribution < -0.4 is 4.90 Å². The van der Waals surface area contributed by atoms with Crippen LogP contribution in [0.2, 0.25) is 0 Å². The maximum Gasteiger partial charge on any atom is 0.231 e. The van der Waals surface area contributed by atoms with Gasteiger partial charge in [0.15, 0.2) is 0 Å². The first-order valence-corrected chi connectivity index (χ1v) is 7.44. The van der Waals surface area contributed by atoms with Crippen LogP contribution in [0.1, 0.15) is 23.6 Å². The van der Waals surface area contributed by atoms with Gasteiger partial charge in [0.1, 0.15) is 0 Å². The Morgan fingerprint density at radius 3 is 2.42 bits per heavy atom. The second-order valence-corrected chi connectivity index (χ2v) is 5.57. The highest BCUT2D eigenvalue weighted by Crippen LogP contribution is 2.20. The molecule has 1 aromatic carbocycles. The van der Waals surface area contributed by atoms with Crippen molar-refractivity contribution in [3.63, 3.8) is 0 Å². The standard InChI is InChI=1S/C16H19NOS/c1-4-17(15-8-12(2)7-13(3)9-15)16(18)10-14-5-6-19-11-14/h5-9,11H,4,10H2,1-3H3. The molecule has 1 aromatic heterocycles. The number of amides is 1. The molecule has 19 heavy (non-hydrogen) atoms. The zero-order valence-corrected chi connectivity index (χ0v) is 12.5. The third-order valence-electron chi connectivity index (χ3n) is 3.07. The maximum atomic E-state index is 12.4. The summed E-state index contributed by atoms with van der Waals surface area (Å²) >= 11 is 1.63. The van der Waals surface area contributed by atoms with Gasteiger partial charge in [-0.1, -0.05) is 6.07 Å². The molecule has 0 aliphatic carbocycles. The molecule has 0 atom stereocenters. The van der Waals surface area contributed by atoms with Crippen molar-refractivity contribution >= 4 is 22.9 Å². The Hall–Kier alpha value is -1.61. The van der Waals surface area contributed by atoms with E-state index in [4.69, 9.17) is 0 Å². The third kappa shape index (κ3) is 3.44. The van der Waals surface area contributed by atoms with Crippen molar-refractivity contribution in [3.05, 3.63) is 51.7 Å². The van der Waals surface area contributed by atoms with E-state index in [1.54, 1.807) is 11.3 Å². The second kappa shape index (κ2) is 6.02. The van der Waals surface area contributed by atoms with Gasteiger partial charge in [-0.05, 0) is 66.4 Å². The lowest BCUT2D eigenvalue weighted by atomic mass is 10.1. The Bertz CT molecular complexity index is 540. The highest BCUT2D eigenvalue weighted by molar-refractivity contribution is 7.08. The first-order chi connectivity index (χ1) is 9.10. The number of benzene rings is 1. The van der Waals surface area contributed by atoms with Crippen molar-refractivity contribution in [3.8, 4) is 0 Å². The van der Waals surface area contributed by atoms with Gasteiger partial charge in [0.25, 0.3) is 0 Å². The quantitative estimate of drug-likeness (QED) is 0.825. The second-order valence-electron chi connectivity index (χ2n) is 4.79. The van der Waals surface area contributed by atoms with E-state index in [0.29, 0.717) is 13.0 Å². The van der Waals surface area contributed by atoms with Crippen LogP contribution in [0.4, 0.5) is 5.69 Å². The number of nitrogens with zero attached hydrogens (tertiary/aromatic N) is 1. The van der Waals surface area contributed by atoms with Crippen LogP contribution in [0.15, 0.2) is 35.0 Å². The van der Waals surface area contributed by atoms with Crippen LogP contribution in [0.25, 0.3) is 0 Å². The minimum absolute atomic E-state index is 0.158. The smallest absolute Gasteiger partial charge is 0.231 e. The van der Waals surface area contributed by atoms with E-state index < -0.39 is 0 Å². The lowest BCUT2D eigenvalue weighted by Gasteiger charge is -2.22. The molecule has 0 saturated carbocycles. The maximum absolute atomic E-state index is 12.4. The fraction of sp³-hybridized carbons (Fsp3) is 0.312. The van der Waals surface area contributed by atoms with Crippen LogP contribution in [0.5, 0.6) is 0 Å². The van der Waals surface area contributed by atoms with Gasteiger partial charge in [-0.3, -0.25) is 4.79 Å². The molecule has 2 rings (SSSR count). The minimum atomic E-state index is 0.158. The molecular weight excluding hydrogens is 254 g/mol. The molecule has 2 aromatic rings. The van der Waals surface area contributed by atoms with Gasteiger partial charge in [0, 0.05) is 12.2 Å². The van der Waals surface area contributed by atoms with Crippen LogP contribution >= 0.6 is 11.3 Å². The van der Waals surface area contributed by atoms with Crippen molar-refractivity contribution in [1.82, 2.24) is 0 Å². The fourth-order valence-corrected chi connectivity index (χ4v) is 2.94. The van der Waals surface area contributed by atoms with Gasteiger partial charge in [-0.25, -0.2) is 0 Å². The topological polar surface area (TPSA) is 20.3 Å². The molecule has 2 nitrogen and oxygen atoms in total. The number of hydrogen-bond donors (Lipinski definition) is 0. The Kier molecular flexibility index (Phi) is 4.38. The zero-order valence-electron chi connectivity index (χ0n) is 11.6. The van der Waals surface area contributed by atoms with E-state index in [9.17, 15) is 4.79 Å². The van der Waals surface area contributed by atoms with Gasteiger partial charge in [0.05, 0.1) is 6.42 Å². The molecule has 0 N–H and O–H groups in total. The summed E-state index contributed by atoms with van der Waals surface area (Å²) in [6, 6.07) is 8.28. The van der Waals surface area contributed by atoms with Crippen molar-refractivity contribution in [1.29, 1.82) is 0 Å². The zero-order chi connectivity index (χ0) is 13.8. The van der Waals surface area contributed by atoms with Gasteiger partial charge in [-0.2, -0.15) is 11.3 Å². The van der Waals surface area contributed by atoms with Crippen molar-refractivity contribution in [2.45, 2.75) is 27.2 Å². The Labute approximate surface area is 118 Å². The molecule has 1 heterocycles. The predicted molar refractivity (Wildman–Crippen MR) is 82.0 cm³/mol. The number of carbonyl (C=O) groups excluding carboxylic acids is 1. The summed E-state index contributed by atoms with van der Waals surface area (Å²) in [5, 5.41) is 4.04. The van der Waals surface area contributed by atoms with Crippen LogP contribution in [0, 0.1) is 13.8 Å². The molecule has 3 heteroatoms. The summed E-state index contributed by atoms with van der Waals surface area (Å²) in [6.45, 7) is 6.84. The predicted octanol–water partition coefficient (Wildman–Crippen LogP) is 3.96. The first kappa shape index (κ1) is 13.8. The average molecular weight is 273 g/mol. The van der Waals surface area contributed by atoms with E-state index >= 15 is 0 Å². The number of likely N-dealkylation sites (N-methyl/N-ethyl adjacent to an activating group) is 1. The van der Waals surface area contributed by atoms with Crippen molar-refractivity contribution < 1.29 is 4.79 Å². The molecule has 100 valence electrons. The SMILES string of the molecule is CCN(C(=O)Cc1ccsc1)c1cc(C)cc(C)c1. The molecule has 1 amide bonds. The molecule has 0 saturated heterocycles. The average Bonchev–Trinajstić information content (AvgIpc) is 2.81. The summed E-state index contributed by atoms with van der Waals surface area (Å²) in [5.74, 6) is 0.158. The van der Waals surface area contributed by atoms with Crippen molar-refractivity contribution in [2.75, 3.05) is 11.4 Å². The molecule has 0 spiro atoms. The highest BCUT2D eigenvalue weighted by atomic mass is 32.1. The minimum Gasteiger partial charge on any atom is -0.312 e. The first-order valence-electron chi connectivity index (χ1n) is 6.50. The van der Waals surface area contributed by atoms with Gasteiger partial charge < -0.3 is 4.90 Å². The summed E-state index contributed by atoms with van der Waals surface area (Å²) < 4.78 is 0. The van der Waals surface area contributed by atoms with E-state index in [1.165, 1.54) is 11.1 Å². The molecule has 0 bridgehead atoms. The fourth-order valence-electron chi connectivity index (χ4n) is 2.27. The van der Waals surface area contributed by atoms with Crippen LogP contribution in [-0.4, -0.2) is 12.5 Å². The highest BCUT2D eigenvalue weighted by Gasteiger charge is 2.15. The Morgan fingerprint density at radius 2 is 1.89 bits per heavy atom. The van der Waals surface area contributed by atoms with Gasteiger partial charge >= 0.3 is 0 Å². The van der Waals surface area contributed by atoms with E-state index in [2.05, 4.69) is 32.0 Å². The molecular formula is C16H19NOS. The number of anilines is 1. The molecule has 0 radical (unpaired) electrons. The number of aryl methyl sites for hydroxylation is 2. The molecule has 0 unspecified atom stereocenters. The third-order valence-corrected chi connectivity index (χ3v) is 3.80. The van der Waals surface area contributed by atoms with Gasteiger partial charge in [-0.15, -0.1) is 0 Å². The monoisotopic (exact) mass is 273 g/mol. The van der Waals surface area contributed by atoms with E-state index in [-0.39, 0.29) is 5.91 Å². The van der Waals surface area contributed by atoms with E-state index in [0.717, 1.165) is 11.3 Å². The van der Waals surface area contributed by atoms with Crippen LogP contribution in [0.3, 0.4) is 0 Å². The number of thiophene rings is 1.